The van der Waals surface area contributed by atoms with Crippen LogP contribution in [0.2, 0.25) is 0 Å². The van der Waals surface area contributed by atoms with E-state index in [1.54, 1.807) is 0 Å². The van der Waals surface area contributed by atoms with Crippen LogP contribution in [-0.2, 0) is 4.79 Å². The lowest BCUT2D eigenvalue weighted by atomic mass is 10.1. The summed E-state index contributed by atoms with van der Waals surface area (Å²) in [6.07, 6.45) is 2.16. The Labute approximate surface area is 169 Å². The molecular formula is C22H22N4OS. The monoisotopic (exact) mass is 390 g/mol. The van der Waals surface area contributed by atoms with Gasteiger partial charge in [0.05, 0.1) is 30.1 Å². The van der Waals surface area contributed by atoms with Crippen LogP contribution in [0, 0.1) is 25.2 Å². The third-order valence-corrected chi connectivity index (χ3v) is 5.11. The van der Waals surface area contributed by atoms with Gasteiger partial charge in [-0.15, -0.1) is 0 Å². The summed E-state index contributed by atoms with van der Waals surface area (Å²) in [5.41, 5.74) is 5.43. The van der Waals surface area contributed by atoms with Crippen molar-refractivity contribution in [2.24, 2.45) is 0 Å². The van der Waals surface area contributed by atoms with E-state index in [9.17, 15) is 4.79 Å². The predicted molar refractivity (Wildman–Crippen MR) is 112 cm³/mol. The predicted octanol–water partition coefficient (Wildman–Crippen LogP) is 4.28. The number of nitrogens with one attached hydrogen (secondary N) is 1. The Morgan fingerprint density at radius 1 is 1.18 bits per heavy atom. The molecule has 0 aliphatic rings. The van der Waals surface area contributed by atoms with Crippen LogP contribution in [0.25, 0.3) is 16.9 Å². The fraction of sp³-hybridized carbons (Fsp3) is 0.227. The van der Waals surface area contributed by atoms with Crippen molar-refractivity contribution >= 4 is 17.7 Å². The first kappa shape index (κ1) is 19.7. The van der Waals surface area contributed by atoms with Crippen molar-refractivity contribution in [2.75, 3.05) is 12.3 Å². The van der Waals surface area contributed by atoms with Crippen molar-refractivity contribution in [2.45, 2.75) is 25.4 Å². The zero-order chi connectivity index (χ0) is 19.9. The van der Waals surface area contributed by atoms with E-state index in [-0.39, 0.29) is 11.7 Å². The van der Waals surface area contributed by atoms with Gasteiger partial charge in [-0.25, -0.2) is 4.98 Å². The maximum Gasteiger partial charge on any atom is 0.230 e. The highest BCUT2D eigenvalue weighted by Gasteiger charge is 2.16. The molecule has 0 radical (unpaired) electrons. The lowest BCUT2D eigenvalue weighted by Crippen LogP contribution is -2.26. The normalized spacial score (nSPS) is 10.5. The quantitative estimate of drug-likeness (QED) is 0.483. The van der Waals surface area contributed by atoms with Crippen LogP contribution >= 0.6 is 11.8 Å². The molecule has 0 atom stereocenters. The number of nitriles is 1. The molecule has 1 amide bonds. The van der Waals surface area contributed by atoms with Crippen LogP contribution in [0.1, 0.15) is 17.5 Å². The van der Waals surface area contributed by atoms with E-state index in [0.29, 0.717) is 13.0 Å². The molecule has 1 heterocycles. The number of aromatic nitrogens is 2. The van der Waals surface area contributed by atoms with Gasteiger partial charge in [0.1, 0.15) is 0 Å². The van der Waals surface area contributed by atoms with Crippen molar-refractivity contribution in [3.63, 3.8) is 0 Å². The fourth-order valence-electron chi connectivity index (χ4n) is 3.02. The van der Waals surface area contributed by atoms with Crippen LogP contribution in [0.15, 0.2) is 59.9 Å². The average Bonchev–Trinajstić information content (AvgIpc) is 3.10. The second-order valence-electron chi connectivity index (χ2n) is 6.52. The minimum absolute atomic E-state index is 0.100. The summed E-state index contributed by atoms with van der Waals surface area (Å²) in [4.78, 5) is 16.6. The summed E-state index contributed by atoms with van der Waals surface area (Å²) in [7, 11) is 0. The van der Waals surface area contributed by atoms with E-state index in [2.05, 4.69) is 59.0 Å². The Kier molecular flexibility index (Phi) is 6.51. The van der Waals surface area contributed by atoms with Gasteiger partial charge in [-0.05, 0) is 37.1 Å². The molecule has 142 valence electrons. The van der Waals surface area contributed by atoms with Crippen LogP contribution in [0.5, 0.6) is 0 Å². The maximum atomic E-state index is 12.0. The average molecular weight is 391 g/mol. The molecule has 0 bridgehead atoms. The van der Waals surface area contributed by atoms with Crippen molar-refractivity contribution < 1.29 is 4.79 Å². The van der Waals surface area contributed by atoms with Gasteiger partial charge in [0, 0.05) is 17.8 Å². The number of rotatable bonds is 7. The Morgan fingerprint density at radius 2 is 1.89 bits per heavy atom. The van der Waals surface area contributed by atoms with Gasteiger partial charge in [0.25, 0.3) is 0 Å². The van der Waals surface area contributed by atoms with Crippen molar-refractivity contribution in [3.05, 3.63) is 65.9 Å². The van der Waals surface area contributed by atoms with E-state index in [0.717, 1.165) is 22.1 Å². The number of amides is 1. The van der Waals surface area contributed by atoms with E-state index >= 15 is 0 Å². The molecular weight excluding hydrogens is 368 g/mol. The molecule has 5 nitrogen and oxygen atoms in total. The van der Waals surface area contributed by atoms with E-state index in [4.69, 9.17) is 5.26 Å². The molecule has 0 spiro atoms. The van der Waals surface area contributed by atoms with E-state index in [1.807, 2.05) is 30.5 Å². The highest BCUT2D eigenvalue weighted by molar-refractivity contribution is 7.99. The second-order valence-corrected chi connectivity index (χ2v) is 7.46. The standard InChI is InChI=1S/C22H22N4OS/c1-16-11-17(2)13-19(12-16)26-20(18-7-4-3-5-8-18)14-25-22(26)28-15-21(27)24-10-6-9-23/h3-5,7-8,11-14H,6,10,15H2,1-2H3,(H,24,27). The molecule has 0 aliphatic heterocycles. The van der Waals surface area contributed by atoms with Crippen LogP contribution < -0.4 is 5.32 Å². The lowest BCUT2D eigenvalue weighted by molar-refractivity contribution is -0.118. The summed E-state index contributed by atoms with van der Waals surface area (Å²) in [6, 6.07) is 18.5. The van der Waals surface area contributed by atoms with E-state index < -0.39 is 0 Å². The van der Waals surface area contributed by atoms with Gasteiger partial charge in [-0.1, -0.05) is 48.2 Å². The number of benzene rings is 2. The lowest BCUT2D eigenvalue weighted by Gasteiger charge is -2.14. The third-order valence-electron chi connectivity index (χ3n) is 4.16. The molecule has 0 saturated heterocycles. The number of hydrogen-bond acceptors (Lipinski definition) is 4. The van der Waals surface area contributed by atoms with Crippen LogP contribution in [0.3, 0.4) is 0 Å². The summed E-state index contributed by atoms with van der Waals surface area (Å²) in [5, 5.41) is 12.1. The van der Waals surface area contributed by atoms with Crippen molar-refractivity contribution in [1.82, 2.24) is 14.9 Å². The van der Waals surface area contributed by atoms with Gasteiger partial charge in [0.15, 0.2) is 5.16 Å². The SMILES string of the molecule is Cc1cc(C)cc(-n2c(-c3ccccc3)cnc2SCC(=O)NCCC#N)c1. The fourth-order valence-corrected chi connectivity index (χ4v) is 3.84. The number of hydrogen-bond donors (Lipinski definition) is 1. The topological polar surface area (TPSA) is 70.7 Å². The molecule has 3 aromatic rings. The zero-order valence-corrected chi connectivity index (χ0v) is 16.8. The molecule has 1 N–H and O–H groups in total. The smallest absolute Gasteiger partial charge is 0.230 e. The first-order valence-corrected chi connectivity index (χ1v) is 10.1. The summed E-state index contributed by atoms with van der Waals surface area (Å²) in [6.45, 7) is 4.52. The largest absolute Gasteiger partial charge is 0.354 e. The molecule has 0 aliphatic carbocycles. The minimum Gasteiger partial charge on any atom is -0.354 e. The molecule has 0 saturated carbocycles. The first-order chi connectivity index (χ1) is 13.6. The molecule has 28 heavy (non-hydrogen) atoms. The van der Waals surface area contributed by atoms with Gasteiger partial charge in [0.2, 0.25) is 5.91 Å². The van der Waals surface area contributed by atoms with Gasteiger partial charge in [-0.3, -0.25) is 9.36 Å². The summed E-state index contributed by atoms with van der Waals surface area (Å²) >= 11 is 1.39. The molecule has 2 aromatic carbocycles. The highest BCUT2D eigenvalue weighted by atomic mass is 32.2. The number of nitrogens with zero attached hydrogens (tertiary/aromatic N) is 3. The number of aryl methyl sites for hydroxylation is 2. The highest BCUT2D eigenvalue weighted by Crippen LogP contribution is 2.30. The summed E-state index contributed by atoms with van der Waals surface area (Å²) in [5.74, 6) is 0.151. The molecule has 6 heteroatoms. The van der Waals surface area contributed by atoms with Crippen molar-refractivity contribution in [3.8, 4) is 23.0 Å². The number of carbonyl (C=O) groups is 1. The Morgan fingerprint density at radius 3 is 2.57 bits per heavy atom. The van der Waals surface area contributed by atoms with Gasteiger partial charge >= 0.3 is 0 Å². The molecule has 1 aromatic heterocycles. The minimum atomic E-state index is -0.100. The maximum absolute atomic E-state index is 12.0. The van der Waals surface area contributed by atoms with Crippen LogP contribution in [0.4, 0.5) is 0 Å². The molecule has 3 rings (SSSR count). The van der Waals surface area contributed by atoms with Gasteiger partial charge < -0.3 is 5.32 Å². The number of imidazole rings is 1. The van der Waals surface area contributed by atoms with Gasteiger partial charge in [-0.2, -0.15) is 5.26 Å². The number of carbonyl (C=O) groups excluding carboxylic acids is 1. The number of thioether (sulfide) groups is 1. The zero-order valence-electron chi connectivity index (χ0n) is 16.0. The Hall–Kier alpha value is -3.04. The Bertz CT molecular complexity index is 985. The van der Waals surface area contributed by atoms with Crippen LogP contribution in [-0.4, -0.2) is 27.8 Å². The molecule has 0 unspecified atom stereocenters. The third kappa shape index (κ3) is 4.81. The Balaban J connectivity index is 1.93. The summed E-state index contributed by atoms with van der Waals surface area (Å²) < 4.78 is 2.10. The van der Waals surface area contributed by atoms with Crippen molar-refractivity contribution in [1.29, 1.82) is 5.26 Å². The molecule has 0 fully saturated rings. The first-order valence-electron chi connectivity index (χ1n) is 9.07. The van der Waals surface area contributed by atoms with E-state index in [1.165, 1.54) is 22.9 Å². The second kappa shape index (κ2) is 9.25.